The molecular formula is C9H17N3O. The molecule has 4 heteroatoms. The van der Waals surface area contributed by atoms with E-state index in [1.165, 1.54) is 0 Å². The van der Waals surface area contributed by atoms with Crippen LogP contribution in [0.2, 0.25) is 0 Å². The van der Waals surface area contributed by atoms with E-state index in [9.17, 15) is 0 Å². The van der Waals surface area contributed by atoms with Gasteiger partial charge in [-0.2, -0.15) is 5.10 Å². The van der Waals surface area contributed by atoms with Crippen LogP contribution in [-0.2, 0) is 16.8 Å². The van der Waals surface area contributed by atoms with Gasteiger partial charge in [0.1, 0.15) is 0 Å². The van der Waals surface area contributed by atoms with Crippen LogP contribution in [0.25, 0.3) is 0 Å². The lowest BCUT2D eigenvalue weighted by Gasteiger charge is -2.21. The highest BCUT2D eigenvalue weighted by atomic mass is 16.5. The Morgan fingerprint density at radius 1 is 1.69 bits per heavy atom. The van der Waals surface area contributed by atoms with Crippen LogP contribution in [0.4, 0.5) is 0 Å². The van der Waals surface area contributed by atoms with Crippen molar-refractivity contribution in [2.24, 2.45) is 5.73 Å². The van der Waals surface area contributed by atoms with Crippen molar-refractivity contribution in [3.05, 3.63) is 18.0 Å². The van der Waals surface area contributed by atoms with Crippen LogP contribution in [0.15, 0.2) is 12.4 Å². The summed E-state index contributed by atoms with van der Waals surface area (Å²) in [6, 6.07) is 0. The SMILES string of the molecule is CCn1cc(C(C)(N)COC)cn1. The number of nitrogens with two attached hydrogens (primary N) is 1. The van der Waals surface area contributed by atoms with E-state index in [0.29, 0.717) is 6.61 Å². The molecule has 2 N–H and O–H groups in total. The molecule has 0 amide bonds. The summed E-state index contributed by atoms with van der Waals surface area (Å²) in [4.78, 5) is 0. The number of ether oxygens (including phenoxy) is 1. The first-order valence-electron chi connectivity index (χ1n) is 4.41. The number of hydrogen-bond acceptors (Lipinski definition) is 3. The number of rotatable bonds is 4. The maximum Gasteiger partial charge on any atom is 0.0682 e. The van der Waals surface area contributed by atoms with Gasteiger partial charge in [0.05, 0.1) is 18.3 Å². The maximum atomic E-state index is 6.04. The van der Waals surface area contributed by atoms with Gasteiger partial charge in [-0.1, -0.05) is 0 Å². The van der Waals surface area contributed by atoms with Crippen LogP contribution < -0.4 is 5.73 Å². The fourth-order valence-corrected chi connectivity index (χ4v) is 1.21. The Kier molecular flexibility index (Phi) is 3.06. The van der Waals surface area contributed by atoms with Gasteiger partial charge in [-0.15, -0.1) is 0 Å². The van der Waals surface area contributed by atoms with Gasteiger partial charge in [0.2, 0.25) is 0 Å². The summed E-state index contributed by atoms with van der Waals surface area (Å²) in [6.07, 6.45) is 3.75. The molecule has 0 bridgehead atoms. The Bertz CT molecular complexity index is 268. The lowest BCUT2D eigenvalue weighted by molar-refractivity contribution is 0.141. The van der Waals surface area contributed by atoms with Gasteiger partial charge in [-0.05, 0) is 13.8 Å². The molecule has 1 aromatic rings. The van der Waals surface area contributed by atoms with Crippen molar-refractivity contribution in [3.63, 3.8) is 0 Å². The molecule has 0 aromatic carbocycles. The first-order valence-corrected chi connectivity index (χ1v) is 4.41. The summed E-state index contributed by atoms with van der Waals surface area (Å²) in [5.74, 6) is 0. The first-order chi connectivity index (χ1) is 6.10. The van der Waals surface area contributed by atoms with Gasteiger partial charge in [-0.25, -0.2) is 0 Å². The third-order valence-corrected chi connectivity index (χ3v) is 2.06. The maximum absolute atomic E-state index is 6.04. The van der Waals surface area contributed by atoms with Crippen molar-refractivity contribution in [1.29, 1.82) is 0 Å². The third kappa shape index (κ3) is 2.29. The number of aryl methyl sites for hydroxylation is 1. The summed E-state index contributed by atoms with van der Waals surface area (Å²) < 4.78 is 6.90. The summed E-state index contributed by atoms with van der Waals surface area (Å²) in [6.45, 7) is 5.35. The highest BCUT2D eigenvalue weighted by Gasteiger charge is 2.22. The standard InChI is InChI=1S/C9H17N3O/c1-4-12-6-8(5-11-12)9(2,10)7-13-3/h5-6H,4,7,10H2,1-3H3. The fraction of sp³-hybridized carbons (Fsp3) is 0.667. The number of hydrogen-bond donors (Lipinski definition) is 1. The van der Waals surface area contributed by atoms with Crippen LogP contribution in [0.1, 0.15) is 19.4 Å². The minimum atomic E-state index is -0.442. The second kappa shape index (κ2) is 3.89. The lowest BCUT2D eigenvalue weighted by Crippen LogP contribution is -2.37. The van der Waals surface area contributed by atoms with E-state index in [1.807, 2.05) is 24.7 Å². The van der Waals surface area contributed by atoms with E-state index >= 15 is 0 Å². The molecule has 1 aromatic heterocycles. The van der Waals surface area contributed by atoms with Gasteiger partial charge < -0.3 is 10.5 Å². The van der Waals surface area contributed by atoms with E-state index in [1.54, 1.807) is 13.3 Å². The molecule has 0 aliphatic rings. The van der Waals surface area contributed by atoms with Crippen molar-refractivity contribution in [2.45, 2.75) is 25.9 Å². The molecule has 1 atom stereocenters. The highest BCUT2D eigenvalue weighted by Crippen LogP contribution is 2.16. The minimum absolute atomic E-state index is 0.442. The molecule has 4 nitrogen and oxygen atoms in total. The van der Waals surface area contributed by atoms with E-state index in [0.717, 1.165) is 12.1 Å². The number of nitrogens with zero attached hydrogens (tertiary/aromatic N) is 2. The second-order valence-corrected chi connectivity index (χ2v) is 3.44. The molecule has 0 fully saturated rings. The van der Waals surface area contributed by atoms with Crippen LogP contribution in [0.5, 0.6) is 0 Å². The molecule has 0 aliphatic heterocycles. The fourth-order valence-electron chi connectivity index (χ4n) is 1.21. The Morgan fingerprint density at radius 2 is 2.38 bits per heavy atom. The normalized spacial score (nSPS) is 15.7. The molecule has 13 heavy (non-hydrogen) atoms. The average molecular weight is 183 g/mol. The van der Waals surface area contributed by atoms with Crippen LogP contribution in [0.3, 0.4) is 0 Å². The molecule has 0 radical (unpaired) electrons. The zero-order valence-electron chi connectivity index (χ0n) is 8.45. The molecule has 74 valence electrons. The molecule has 1 heterocycles. The van der Waals surface area contributed by atoms with Gasteiger partial charge in [-0.3, -0.25) is 4.68 Å². The number of methoxy groups -OCH3 is 1. The molecular weight excluding hydrogens is 166 g/mol. The zero-order chi connectivity index (χ0) is 9.90. The third-order valence-electron chi connectivity index (χ3n) is 2.06. The van der Waals surface area contributed by atoms with E-state index in [2.05, 4.69) is 5.10 Å². The van der Waals surface area contributed by atoms with Gasteiger partial charge >= 0.3 is 0 Å². The van der Waals surface area contributed by atoms with Crippen molar-refractivity contribution < 1.29 is 4.74 Å². The van der Waals surface area contributed by atoms with E-state index in [4.69, 9.17) is 10.5 Å². The summed E-state index contributed by atoms with van der Waals surface area (Å²) >= 11 is 0. The quantitative estimate of drug-likeness (QED) is 0.748. The Labute approximate surface area is 78.7 Å². The molecule has 1 rings (SSSR count). The van der Waals surface area contributed by atoms with Gasteiger partial charge in [0, 0.05) is 25.4 Å². The summed E-state index contributed by atoms with van der Waals surface area (Å²) in [7, 11) is 1.65. The topological polar surface area (TPSA) is 53.1 Å². The van der Waals surface area contributed by atoms with Crippen molar-refractivity contribution in [1.82, 2.24) is 9.78 Å². The number of aromatic nitrogens is 2. The second-order valence-electron chi connectivity index (χ2n) is 3.44. The average Bonchev–Trinajstić information content (AvgIpc) is 2.52. The van der Waals surface area contributed by atoms with Crippen molar-refractivity contribution >= 4 is 0 Å². The molecule has 0 spiro atoms. The predicted octanol–water partition coefficient (Wildman–Crippen LogP) is 0.723. The van der Waals surface area contributed by atoms with Crippen LogP contribution in [0, 0.1) is 0 Å². The highest BCUT2D eigenvalue weighted by molar-refractivity contribution is 5.16. The molecule has 0 saturated carbocycles. The van der Waals surface area contributed by atoms with Crippen molar-refractivity contribution in [3.8, 4) is 0 Å². The Morgan fingerprint density at radius 3 is 2.85 bits per heavy atom. The first kappa shape index (κ1) is 10.2. The van der Waals surface area contributed by atoms with E-state index < -0.39 is 5.54 Å². The Hall–Kier alpha value is -0.870. The van der Waals surface area contributed by atoms with Gasteiger partial charge in [0.15, 0.2) is 0 Å². The summed E-state index contributed by atoms with van der Waals surface area (Å²) in [5.41, 5.74) is 6.61. The lowest BCUT2D eigenvalue weighted by atomic mass is 9.98. The molecule has 0 aliphatic carbocycles. The zero-order valence-corrected chi connectivity index (χ0v) is 8.45. The van der Waals surface area contributed by atoms with Crippen LogP contribution in [-0.4, -0.2) is 23.5 Å². The largest absolute Gasteiger partial charge is 0.382 e. The Balaban J connectivity index is 2.80. The van der Waals surface area contributed by atoms with E-state index in [-0.39, 0.29) is 0 Å². The monoisotopic (exact) mass is 183 g/mol. The molecule has 1 unspecified atom stereocenters. The minimum Gasteiger partial charge on any atom is -0.382 e. The van der Waals surface area contributed by atoms with Crippen LogP contribution >= 0.6 is 0 Å². The summed E-state index contributed by atoms with van der Waals surface area (Å²) in [5, 5.41) is 4.16. The smallest absolute Gasteiger partial charge is 0.0682 e. The molecule has 0 saturated heterocycles. The van der Waals surface area contributed by atoms with Crippen molar-refractivity contribution in [2.75, 3.05) is 13.7 Å². The predicted molar refractivity (Wildman–Crippen MR) is 51.3 cm³/mol. The van der Waals surface area contributed by atoms with Gasteiger partial charge in [0.25, 0.3) is 0 Å².